The van der Waals surface area contributed by atoms with Crippen LogP contribution in [0.25, 0.3) is 0 Å². The lowest BCUT2D eigenvalue weighted by Crippen LogP contribution is -2.46. The number of fused-ring (bicyclic) bond motifs is 1. The van der Waals surface area contributed by atoms with Gasteiger partial charge in [0.2, 0.25) is 5.91 Å². The van der Waals surface area contributed by atoms with E-state index < -0.39 is 42.2 Å². The number of carbonyl (C=O) groups is 3. The number of hydrogen-bond acceptors (Lipinski definition) is 4. The number of phenolic OH excluding ortho intramolecular Hbond substituents is 1. The molecule has 6 nitrogen and oxygen atoms in total. The van der Waals surface area contributed by atoms with Gasteiger partial charge < -0.3 is 15.3 Å². The molecule has 0 unspecified atom stereocenters. The van der Waals surface area contributed by atoms with Crippen LogP contribution in [0.1, 0.15) is 39.9 Å². The molecule has 36 heavy (non-hydrogen) atoms. The maximum absolute atomic E-state index is 13.6. The molecule has 0 bridgehead atoms. The average molecular weight is 510 g/mol. The number of ketones is 1. The van der Waals surface area contributed by atoms with E-state index in [1.807, 2.05) is 0 Å². The standard InChI is InChI=1S/C25H23F5N2O4/c1-3-24(26,27)14-4-6-15(7-5-14)31-22(35)13-21(34)18-10-11-20(33)19-12-16(8-9-17(18)19)32(2)23(36)25(28,29)30/h3-7,10-11,16,33H,1,8-9,12-13H2,2H3,(H,31,35)/t16-/m0/s1. The van der Waals surface area contributed by atoms with Crippen molar-refractivity contribution >= 4 is 23.3 Å². The largest absolute Gasteiger partial charge is 0.508 e. The molecule has 0 fully saturated rings. The molecule has 2 aromatic rings. The molecule has 2 amide bonds. The number of nitrogens with zero attached hydrogens (tertiary/aromatic N) is 1. The fourth-order valence-electron chi connectivity index (χ4n) is 4.14. The van der Waals surface area contributed by atoms with Crippen LogP contribution in [0.15, 0.2) is 49.1 Å². The van der Waals surface area contributed by atoms with Gasteiger partial charge in [0.1, 0.15) is 5.75 Å². The van der Waals surface area contributed by atoms with E-state index in [0.717, 1.165) is 19.2 Å². The summed E-state index contributed by atoms with van der Waals surface area (Å²) in [5.74, 6) is -6.74. The summed E-state index contributed by atoms with van der Waals surface area (Å²) < 4.78 is 65.7. The van der Waals surface area contributed by atoms with Crippen LogP contribution in [0.5, 0.6) is 5.75 Å². The van der Waals surface area contributed by atoms with E-state index in [9.17, 15) is 41.4 Å². The Hall–Kier alpha value is -3.76. The molecule has 2 N–H and O–H groups in total. The van der Waals surface area contributed by atoms with E-state index in [2.05, 4.69) is 11.9 Å². The Morgan fingerprint density at radius 3 is 2.31 bits per heavy atom. The highest BCUT2D eigenvalue weighted by Gasteiger charge is 2.44. The van der Waals surface area contributed by atoms with E-state index in [1.54, 1.807) is 0 Å². The van der Waals surface area contributed by atoms with Crippen LogP contribution in [-0.2, 0) is 28.4 Å². The lowest BCUT2D eigenvalue weighted by Gasteiger charge is -2.33. The molecule has 0 heterocycles. The second kappa shape index (κ2) is 10.1. The predicted molar refractivity (Wildman–Crippen MR) is 121 cm³/mol. The average Bonchev–Trinajstić information content (AvgIpc) is 2.82. The zero-order valence-electron chi connectivity index (χ0n) is 19.2. The molecule has 0 spiro atoms. The van der Waals surface area contributed by atoms with E-state index in [-0.39, 0.29) is 47.4 Å². The predicted octanol–water partition coefficient (Wildman–Crippen LogP) is 4.76. The Morgan fingerprint density at radius 1 is 1.08 bits per heavy atom. The summed E-state index contributed by atoms with van der Waals surface area (Å²) in [5.41, 5.74) is 0.681. The van der Waals surface area contributed by atoms with Gasteiger partial charge in [-0.1, -0.05) is 18.7 Å². The van der Waals surface area contributed by atoms with Crippen LogP contribution in [0.2, 0.25) is 0 Å². The van der Waals surface area contributed by atoms with Crippen LogP contribution in [0, 0.1) is 0 Å². The maximum atomic E-state index is 13.6. The first-order valence-electron chi connectivity index (χ1n) is 10.9. The number of anilines is 1. The minimum atomic E-state index is -5.03. The van der Waals surface area contributed by atoms with Crippen LogP contribution < -0.4 is 5.32 Å². The quantitative estimate of drug-likeness (QED) is 0.244. The van der Waals surface area contributed by atoms with Crippen molar-refractivity contribution in [1.29, 1.82) is 0 Å². The fourth-order valence-corrected chi connectivity index (χ4v) is 4.14. The summed E-state index contributed by atoms with van der Waals surface area (Å²) in [6.07, 6.45) is -4.97. The lowest BCUT2D eigenvalue weighted by molar-refractivity contribution is -0.186. The first-order valence-corrected chi connectivity index (χ1v) is 10.9. The third-order valence-corrected chi connectivity index (χ3v) is 6.12. The highest BCUT2D eigenvalue weighted by atomic mass is 19.4. The minimum absolute atomic E-state index is 0.0888. The Balaban J connectivity index is 1.71. The molecule has 1 aliphatic rings. The SMILES string of the molecule is C=CC(F)(F)c1ccc(NC(=O)CC(=O)c2ccc(O)c3c2CC[C@H](N(C)C(=O)C(F)(F)F)C3)cc1. The van der Waals surface area contributed by atoms with Crippen molar-refractivity contribution in [3.8, 4) is 5.75 Å². The lowest BCUT2D eigenvalue weighted by atomic mass is 9.83. The number of hydrogen-bond donors (Lipinski definition) is 2. The van der Waals surface area contributed by atoms with E-state index >= 15 is 0 Å². The number of benzene rings is 2. The highest BCUT2D eigenvalue weighted by molar-refractivity contribution is 6.11. The topological polar surface area (TPSA) is 86.7 Å². The van der Waals surface area contributed by atoms with Gasteiger partial charge >= 0.3 is 12.1 Å². The Bertz CT molecular complexity index is 1190. The van der Waals surface area contributed by atoms with Gasteiger partial charge in [-0.3, -0.25) is 14.4 Å². The Morgan fingerprint density at radius 2 is 1.72 bits per heavy atom. The van der Waals surface area contributed by atoms with Gasteiger partial charge in [-0.15, -0.1) is 0 Å². The molecule has 11 heteroatoms. The molecular formula is C25H23F5N2O4. The third kappa shape index (κ3) is 5.72. The summed E-state index contributed by atoms with van der Waals surface area (Å²) >= 11 is 0. The van der Waals surface area contributed by atoms with E-state index in [0.29, 0.717) is 16.5 Å². The van der Waals surface area contributed by atoms with Gasteiger partial charge in [0.15, 0.2) is 5.78 Å². The van der Waals surface area contributed by atoms with Gasteiger partial charge in [0, 0.05) is 29.9 Å². The number of carbonyl (C=O) groups excluding carboxylic acids is 3. The number of phenols is 1. The first-order chi connectivity index (χ1) is 16.7. The molecular weight excluding hydrogens is 487 g/mol. The summed E-state index contributed by atoms with van der Waals surface area (Å²) in [4.78, 5) is 37.4. The molecule has 0 saturated heterocycles. The number of likely N-dealkylation sites (N-methyl/N-ethyl adjacent to an activating group) is 1. The Kier molecular flexibility index (Phi) is 7.51. The summed E-state index contributed by atoms with van der Waals surface area (Å²) in [7, 11) is 1.03. The zero-order valence-corrected chi connectivity index (χ0v) is 19.2. The maximum Gasteiger partial charge on any atom is 0.471 e. The molecule has 0 radical (unpaired) electrons. The number of Topliss-reactive ketones (excluding diaryl/α,β-unsaturated/α-hetero) is 1. The third-order valence-electron chi connectivity index (χ3n) is 6.12. The molecule has 0 aliphatic heterocycles. The molecule has 3 rings (SSSR count). The number of alkyl halides is 5. The van der Waals surface area contributed by atoms with Crippen molar-refractivity contribution in [3.05, 3.63) is 71.3 Å². The Labute approximate surface area is 203 Å². The molecule has 0 saturated carbocycles. The van der Waals surface area contributed by atoms with Crippen molar-refractivity contribution in [2.24, 2.45) is 0 Å². The molecule has 192 valence electrons. The van der Waals surface area contributed by atoms with Crippen molar-refractivity contribution in [1.82, 2.24) is 4.90 Å². The van der Waals surface area contributed by atoms with Crippen molar-refractivity contribution in [2.75, 3.05) is 12.4 Å². The van der Waals surface area contributed by atoms with Gasteiger partial charge in [-0.05, 0) is 60.7 Å². The van der Waals surface area contributed by atoms with Gasteiger partial charge in [0.25, 0.3) is 5.92 Å². The normalized spacial score (nSPS) is 15.6. The van der Waals surface area contributed by atoms with Crippen molar-refractivity contribution in [2.45, 2.75) is 43.8 Å². The van der Waals surface area contributed by atoms with E-state index in [1.165, 1.54) is 24.3 Å². The first kappa shape index (κ1) is 26.8. The molecule has 2 aromatic carbocycles. The van der Waals surface area contributed by atoms with Crippen LogP contribution in [0.3, 0.4) is 0 Å². The number of halogens is 5. The minimum Gasteiger partial charge on any atom is -0.508 e. The monoisotopic (exact) mass is 510 g/mol. The molecule has 0 aromatic heterocycles. The van der Waals surface area contributed by atoms with Crippen molar-refractivity contribution < 1.29 is 41.4 Å². The van der Waals surface area contributed by atoms with Crippen LogP contribution >= 0.6 is 0 Å². The summed E-state index contributed by atoms with van der Waals surface area (Å²) in [6.45, 7) is 3.07. The fraction of sp³-hybridized carbons (Fsp3) is 0.320. The van der Waals surface area contributed by atoms with Gasteiger partial charge in [-0.25, -0.2) is 0 Å². The summed E-state index contributed by atoms with van der Waals surface area (Å²) in [5, 5.41) is 12.7. The zero-order chi connectivity index (χ0) is 26.8. The number of allylic oxidation sites excluding steroid dienone is 1. The number of rotatable bonds is 7. The number of nitrogens with one attached hydrogen (secondary N) is 1. The number of amides is 2. The molecule has 1 atom stereocenters. The summed E-state index contributed by atoms with van der Waals surface area (Å²) in [6, 6.07) is 6.48. The number of aromatic hydroxyl groups is 1. The van der Waals surface area contributed by atoms with Crippen LogP contribution in [-0.4, -0.2) is 46.9 Å². The van der Waals surface area contributed by atoms with E-state index in [4.69, 9.17) is 0 Å². The second-order valence-corrected chi connectivity index (χ2v) is 8.45. The smallest absolute Gasteiger partial charge is 0.471 e. The van der Waals surface area contributed by atoms with Crippen LogP contribution in [0.4, 0.5) is 27.6 Å². The van der Waals surface area contributed by atoms with Gasteiger partial charge in [0.05, 0.1) is 6.42 Å². The highest BCUT2D eigenvalue weighted by Crippen LogP contribution is 2.35. The van der Waals surface area contributed by atoms with Gasteiger partial charge in [-0.2, -0.15) is 22.0 Å². The second-order valence-electron chi connectivity index (χ2n) is 8.45. The van der Waals surface area contributed by atoms with Crippen molar-refractivity contribution in [3.63, 3.8) is 0 Å². The molecule has 1 aliphatic carbocycles.